The highest BCUT2D eigenvalue weighted by molar-refractivity contribution is 6.31. The molecule has 0 aromatic heterocycles. The molecule has 0 spiro atoms. The Hall–Kier alpha value is -0.530. The smallest absolute Gasteiger partial charge is 0.0438 e. The van der Waals surface area contributed by atoms with Crippen molar-refractivity contribution in [1.82, 2.24) is 4.90 Å². The van der Waals surface area contributed by atoms with Crippen LogP contribution in [0.5, 0.6) is 0 Å². The number of hydrogen-bond donors (Lipinski definition) is 0. The molecule has 1 aliphatic rings. The van der Waals surface area contributed by atoms with Crippen LogP contribution in [0.2, 0.25) is 5.02 Å². The molecule has 0 amide bonds. The lowest BCUT2D eigenvalue weighted by Gasteiger charge is -2.15. The standard InChI is InChI=1S/C12H16ClN/c1-14(11-6-7-11)9-8-10-4-2-3-5-12(10)13/h2-5,11H,6-9H2,1H3. The van der Waals surface area contributed by atoms with Gasteiger partial charge in [-0.25, -0.2) is 0 Å². The van der Waals surface area contributed by atoms with Crippen molar-refractivity contribution in [2.75, 3.05) is 13.6 Å². The lowest BCUT2D eigenvalue weighted by Crippen LogP contribution is -2.23. The minimum atomic E-state index is 0.845. The molecule has 1 fully saturated rings. The summed E-state index contributed by atoms with van der Waals surface area (Å²) in [7, 11) is 2.20. The van der Waals surface area contributed by atoms with E-state index in [1.165, 1.54) is 18.4 Å². The minimum absolute atomic E-state index is 0.845. The Kier molecular flexibility index (Phi) is 3.09. The van der Waals surface area contributed by atoms with Gasteiger partial charge in [-0.1, -0.05) is 29.8 Å². The van der Waals surface area contributed by atoms with Crippen LogP contribution >= 0.6 is 11.6 Å². The number of nitrogens with zero attached hydrogens (tertiary/aromatic N) is 1. The summed E-state index contributed by atoms with van der Waals surface area (Å²) in [5.74, 6) is 0. The van der Waals surface area contributed by atoms with Crippen molar-refractivity contribution in [3.63, 3.8) is 0 Å². The third-order valence-corrected chi connectivity index (χ3v) is 3.23. The highest BCUT2D eigenvalue weighted by atomic mass is 35.5. The Bertz CT molecular complexity index is 307. The van der Waals surface area contributed by atoms with Crippen LogP contribution in [0.3, 0.4) is 0 Å². The van der Waals surface area contributed by atoms with Crippen molar-refractivity contribution in [1.29, 1.82) is 0 Å². The molecule has 0 saturated heterocycles. The monoisotopic (exact) mass is 209 g/mol. The summed E-state index contributed by atoms with van der Waals surface area (Å²) in [6, 6.07) is 8.96. The van der Waals surface area contributed by atoms with Gasteiger partial charge in [-0.05, 0) is 37.9 Å². The first-order chi connectivity index (χ1) is 6.77. The summed E-state index contributed by atoms with van der Waals surface area (Å²) in [5, 5.41) is 0.900. The third kappa shape index (κ3) is 2.49. The van der Waals surface area contributed by atoms with E-state index in [9.17, 15) is 0 Å². The molecule has 0 unspecified atom stereocenters. The molecule has 0 heterocycles. The number of rotatable bonds is 4. The number of benzene rings is 1. The predicted octanol–water partition coefficient (Wildman–Crippen LogP) is 2.98. The summed E-state index contributed by atoms with van der Waals surface area (Å²) in [5.41, 5.74) is 1.27. The Balaban J connectivity index is 1.87. The van der Waals surface area contributed by atoms with Gasteiger partial charge in [0.2, 0.25) is 0 Å². The first kappa shape index (κ1) is 10.0. The van der Waals surface area contributed by atoms with Crippen molar-refractivity contribution in [2.45, 2.75) is 25.3 Å². The molecule has 14 heavy (non-hydrogen) atoms. The lowest BCUT2D eigenvalue weighted by atomic mass is 10.1. The highest BCUT2D eigenvalue weighted by Gasteiger charge is 2.25. The van der Waals surface area contributed by atoms with Crippen molar-refractivity contribution in [3.8, 4) is 0 Å². The van der Waals surface area contributed by atoms with E-state index >= 15 is 0 Å². The van der Waals surface area contributed by atoms with Gasteiger partial charge in [0.25, 0.3) is 0 Å². The van der Waals surface area contributed by atoms with E-state index in [-0.39, 0.29) is 0 Å². The summed E-state index contributed by atoms with van der Waals surface area (Å²) >= 11 is 6.08. The van der Waals surface area contributed by atoms with Crippen molar-refractivity contribution in [3.05, 3.63) is 34.9 Å². The zero-order valence-electron chi connectivity index (χ0n) is 8.54. The van der Waals surface area contributed by atoms with Crippen LogP contribution in [-0.2, 0) is 6.42 Å². The molecular formula is C12H16ClN. The Morgan fingerprint density at radius 3 is 2.71 bits per heavy atom. The van der Waals surface area contributed by atoms with Gasteiger partial charge in [0, 0.05) is 17.6 Å². The SMILES string of the molecule is CN(CCc1ccccc1Cl)C1CC1. The number of halogens is 1. The second-order valence-corrected chi connectivity index (χ2v) is 4.46. The van der Waals surface area contributed by atoms with Crippen LogP contribution in [0.15, 0.2) is 24.3 Å². The van der Waals surface area contributed by atoms with Gasteiger partial charge >= 0.3 is 0 Å². The molecule has 1 nitrogen and oxygen atoms in total. The first-order valence-corrected chi connectivity index (χ1v) is 5.59. The lowest BCUT2D eigenvalue weighted by molar-refractivity contribution is 0.328. The second-order valence-electron chi connectivity index (χ2n) is 4.05. The van der Waals surface area contributed by atoms with Crippen molar-refractivity contribution < 1.29 is 0 Å². The summed E-state index contributed by atoms with van der Waals surface area (Å²) in [6.07, 6.45) is 3.81. The van der Waals surface area contributed by atoms with E-state index in [0.717, 1.165) is 24.0 Å². The maximum atomic E-state index is 6.08. The van der Waals surface area contributed by atoms with Crippen molar-refractivity contribution >= 4 is 11.6 Å². The van der Waals surface area contributed by atoms with E-state index in [0.29, 0.717) is 0 Å². The predicted molar refractivity (Wildman–Crippen MR) is 60.8 cm³/mol. The average Bonchev–Trinajstić information content (AvgIpc) is 2.99. The molecule has 0 bridgehead atoms. The van der Waals surface area contributed by atoms with E-state index in [4.69, 9.17) is 11.6 Å². The van der Waals surface area contributed by atoms with Gasteiger partial charge < -0.3 is 4.90 Å². The maximum absolute atomic E-state index is 6.08. The largest absolute Gasteiger partial charge is 0.303 e. The quantitative estimate of drug-likeness (QED) is 0.737. The van der Waals surface area contributed by atoms with Crippen LogP contribution in [0.25, 0.3) is 0 Å². The van der Waals surface area contributed by atoms with Gasteiger partial charge in [-0.3, -0.25) is 0 Å². The fraction of sp³-hybridized carbons (Fsp3) is 0.500. The van der Waals surface area contributed by atoms with E-state index in [2.05, 4.69) is 24.1 Å². The zero-order valence-corrected chi connectivity index (χ0v) is 9.30. The van der Waals surface area contributed by atoms with Gasteiger partial charge in [0.05, 0.1) is 0 Å². The summed E-state index contributed by atoms with van der Waals surface area (Å²) in [6.45, 7) is 1.12. The van der Waals surface area contributed by atoms with Crippen LogP contribution < -0.4 is 0 Å². The summed E-state index contributed by atoms with van der Waals surface area (Å²) < 4.78 is 0. The molecule has 0 radical (unpaired) electrons. The Morgan fingerprint density at radius 2 is 2.07 bits per heavy atom. The normalized spacial score (nSPS) is 16.2. The molecule has 1 aromatic rings. The van der Waals surface area contributed by atoms with Crippen LogP contribution in [-0.4, -0.2) is 24.5 Å². The average molecular weight is 210 g/mol. The molecule has 76 valence electrons. The summed E-state index contributed by atoms with van der Waals surface area (Å²) in [4.78, 5) is 2.43. The van der Waals surface area contributed by atoms with Crippen molar-refractivity contribution in [2.24, 2.45) is 0 Å². The number of hydrogen-bond acceptors (Lipinski definition) is 1. The third-order valence-electron chi connectivity index (χ3n) is 2.86. The topological polar surface area (TPSA) is 3.24 Å². The zero-order chi connectivity index (χ0) is 9.97. The minimum Gasteiger partial charge on any atom is -0.303 e. The fourth-order valence-corrected chi connectivity index (χ4v) is 1.93. The second kappa shape index (κ2) is 4.33. The maximum Gasteiger partial charge on any atom is 0.0438 e. The molecule has 2 rings (SSSR count). The molecular weight excluding hydrogens is 194 g/mol. The van der Waals surface area contributed by atoms with Crippen LogP contribution in [0.1, 0.15) is 18.4 Å². The molecule has 0 atom stereocenters. The Labute approximate surface area is 90.7 Å². The van der Waals surface area contributed by atoms with E-state index in [1.807, 2.05) is 12.1 Å². The van der Waals surface area contributed by atoms with Gasteiger partial charge in [-0.15, -0.1) is 0 Å². The van der Waals surface area contributed by atoms with Crippen LogP contribution in [0, 0.1) is 0 Å². The van der Waals surface area contributed by atoms with E-state index < -0.39 is 0 Å². The van der Waals surface area contributed by atoms with Gasteiger partial charge in [0.1, 0.15) is 0 Å². The molecule has 1 aromatic carbocycles. The molecule has 2 heteroatoms. The molecule has 1 saturated carbocycles. The van der Waals surface area contributed by atoms with Gasteiger partial charge in [-0.2, -0.15) is 0 Å². The fourth-order valence-electron chi connectivity index (χ4n) is 1.70. The molecule has 0 aliphatic heterocycles. The van der Waals surface area contributed by atoms with Gasteiger partial charge in [0.15, 0.2) is 0 Å². The number of likely N-dealkylation sites (N-methyl/N-ethyl adjacent to an activating group) is 1. The molecule has 1 aliphatic carbocycles. The Morgan fingerprint density at radius 1 is 1.36 bits per heavy atom. The highest BCUT2D eigenvalue weighted by Crippen LogP contribution is 2.25. The van der Waals surface area contributed by atoms with Crippen LogP contribution in [0.4, 0.5) is 0 Å². The molecule has 0 N–H and O–H groups in total. The first-order valence-electron chi connectivity index (χ1n) is 5.21. The van der Waals surface area contributed by atoms with E-state index in [1.54, 1.807) is 0 Å².